The summed E-state index contributed by atoms with van der Waals surface area (Å²) in [5.74, 6) is 0. The maximum atomic E-state index is 12.9. The van der Waals surface area contributed by atoms with Crippen molar-refractivity contribution in [2.75, 3.05) is 6.26 Å². The molecule has 2 aromatic rings. The molecule has 5 heteroatoms. The van der Waals surface area contributed by atoms with E-state index in [4.69, 9.17) is 0 Å². The summed E-state index contributed by atoms with van der Waals surface area (Å²) in [6.45, 7) is 1.93. The van der Waals surface area contributed by atoms with Gasteiger partial charge in [-0.1, -0.05) is 45.8 Å². The summed E-state index contributed by atoms with van der Waals surface area (Å²) >= 11 is 4.87. The molecule has 0 aromatic heterocycles. The Bertz CT molecular complexity index is 836. The van der Waals surface area contributed by atoms with E-state index in [0.29, 0.717) is 4.90 Å². The van der Waals surface area contributed by atoms with Gasteiger partial charge in [0.05, 0.1) is 9.80 Å². The third-order valence-electron chi connectivity index (χ3n) is 3.17. The molecule has 2 rings (SSSR count). The maximum Gasteiger partial charge on any atom is 0.206 e. The largest absolute Gasteiger partial charge is 0.219 e. The van der Waals surface area contributed by atoms with Gasteiger partial charge in [0.15, 0.2) is 0 Å². The van der Waals surface area contributed by atoms with E-state index in [1.165, 1.54) is 11.8 Å². The topological polar surface area (TPSA) is 34.1 Å². The van der Waals surface area contributed by atoms with Crippen molar-refractivity contribution in [3.63, 3.8) is 0 Å². The second-order valence-electron chi connectivity index (χ2n) is 4.96. The lowest BCUT2D eigenvalue weighted by atomic mass is 10.2. The Labute approximate surface area is 150 Å². The van der Waals surface area contributed by atoms with Crippen molar-refractivity contribution < 1.29 is 8.42 Å². The van der Waals surface area contributed by atoms with E-state index >= 15 is 0 Å². The fourth-order valence-electron chi connectivity index (χ4n) is 1.96. The van der Waals surface area contributed by atoms with Crippen LogP contribution in [0.1, 0.15) is 11.1 Å². The van der Waals surface area contributed by atoms with E-state index in [1.54, 1.807) is 29.7 Å². The molecule has 0 aliphatic rings. The molecule has 0 fully saturated rings. The van der Waals surface area contributed by atoms with E-state index in [1.807, 2.05) is 49.6 Å². The first-order valence-electron chi connectivity index (χ1n) is 6.92. The van der Waals surface area contributed by atoms with Crippen LogP contribution in [0.4, 0.5) is 0 Å². The molecule has 2 nitrogen and oxygen atoms in total. The van der Waals surface area contributed by atoms with Crippen molar-refractivity contribution in [3.8, 4) is 0 Å². The van der Waals surface area contributed by atoms with E-state index in [-0.39, 0.29) is 4.91 Å². The zero-order chi connectivity index (χ0) is 16.9. The quantitative estimate of drug-likeness (QED) is 0.616. The standard InChI is InChI=1S/C18H17BrO2S2/c1-14-6-8-17(9-7-14)23(20,21)18(10-11-22-2)13-15-4-3-5-16(19)12-15/h3-13H,1-2H3/b11-10+,18-13+. The molecule has 0 atom stereocenters. The predicted octanol–water partition coefficient (Wildman–Crippen LogP) is 5.45. The molecule has 0 saturated carbocycles. The number of sulfone groups is 1. The number of rotatable bonds is 5. The van der Waals surface area contributed by atoms with Crippen molar-refractivity contribution in [3.05, 3.63) is 80.5 Å². The first-order valence-corrected chi connectivity index (χ1v) is 10.5. The Morgan fingerprint density at radius 1 is 1.13 bits per heavy atom. The van der Waals surface area contributed by atoms with Gasteiger partial charge in [-0.2, -0.15) is 0 Å². The highest BCUT2D eigenvalue weighted by Crippen LogP contribution is 2.24. The zero-order valence-electron chi connectivity index (χ0n) is 12.9. The molecule has 23 heavy (non-hydrogen) atoms. The average molecular weight is 409 g/mol. The number of halogens is 1. The monoisotopic (exact) mass is 408 g/mol. The smallest absolute Gasteiger partial charge is 0.206 e. The minimum Gasteiger partial charge on any atom is -0.219 e. The normalized spacial score (nSPS) is 12.7. The van der Waals surface area contributed by atoms with Gasteiger partial charge in [0.25, 0.3) is 0 Å². The zero-order valence-corrected chi connectivity index (χ0v) is 16.1. The van der Waals surface area contributed by atoms with Gasteiger partial charge in [-0.25, -0.2) is 8.42 Å². The molecule has 0 unspecified atom stereocenters. The van der Waals surface area contributed by atoms with Crippen LogP contribution in [0, 0.1) is 6.92 Å². The molecule has 0 saturated heterocycles. The van der Waals surface area contributed by atoms with Crippen molar-refractivity contribution in [2.24, 2.45) is 0 Å². The van der Waals surface area contributed by atoms with E-state index in [0.717, 1.165) is 15.6 Å². The summed E-state index contributed by atoms with van der Waals surface area (Å²) < 4.78 is 26.7. The molecule has 0 aliphatic carbocycles. The third kappa shape index (κ3) is 4.83. The van der Waals surface area contributed by atoms with Gasteiger partial charge < -0.3 is 0 Å². The fraction of sp³-hybridized carbons (Fsp3) is 0.111. The van der Waals surface area contributed by atoms with E-state index in [2.05, 4.69) is 15.9 Å². The molecule has 0 heterocycles. The minimum atomic E-state index is -3.56. The molecule has 0 radical (unpaired) electrons. The number of benzene rings is 2. The first-order chi connectivity index (χ1) is 10.9. The molecular formula is C18H17BrO2S2. The van der Waals surface area contributed by atoms with Gasteiger partial charge >= 0.3 is 0 Å². The summed E-state index contributed by atoms with van der Waals surface area (Å²) in [7, 11) is -3.56. The lowest BCUT2D eigenvalue weighted by Crippen LogP contribution is -2.03. The molecule has 120 valence electrons. The Morgan fingerprint density at radius 2 is 1.83 bits per heavy atom. The second-order valence-corrected chi connectivity index (χ2v) is 8.57. The van der Waals surface area contributed by atoms with Gasteiger partial charge in [-0.05, 0) is 60.6 Å². The number of thioether (sulfide) groups is 1. The fourth-order valence-corrected chi connectivity index (χ4v) is 4.06. The summed E-state index contributed by atoms with van der Waals surface area (Å²) in [6, 6.07) is 14.5. The van der Waals surface area contributed by atoms with Crippen LogP contribution in [0.2, 0.25) is 0 Å². The Morgan fingerprint density at radius 3 is 2.43 bits per heavy atom. The molecule has 0 amide bonds. The van der Waals surface area contributed by atoms with Crippen LogP contribution in [0.25, 0.3) is 6.08 Å². The summed E-state index contributed by atoms with van der Waals surface area (Å²) in [4.78, 5) is 0.573. The van der Waals surface area contributed by atoms with Crippen LogP contribution < -0.4 is 0 Å². The number of hydrogen-bond donors (Lipinski definition) is 0. The molecule has 0 aliphatic heterocycles. The van der Waals surface area contributed by atoms with Gasteiger partial charge in [0, 0.05) is 4.47 Å². The van der Waals surface area contributed by atoms with Gasteiger partial charge in [0.1, 0.15) is 0 Å². The lowest BCUT2D eigenvalue weighted by molar-refractivity contribution is 0.603. The molecular weight excluding hydrogens is 392 g/mol. The van der Waals surface area contributed by atoms with E-state index in [9.17, 15) is 8.42 Å². The number of hydrogen-bond acceptors (Lipinski definition) is 3. The van der Waals surface area contributed by atoms with Crippen LogP contribution >= 0.6 is 27.7 Å². The third-order valence-corrected chi connectivity index (χ3v) is 5.84. The number of aryl methyl sites for hydroxylation is 1. The van der Waals surface area contributed by atoms with Gasteiger partial charge in [-0.3, -0.25) is 0 Å². The van der Waals surface area contributed by atoms with Crippen molar-refractivity contribution >= 4 is 43.6 Å². The van der Waals surface area contributed by atoms with E-state index < -0.39 is 9.84 Å². The van der Waals surface area contributed by atoms with Crippen LogP contribution in [0.3, 0.4) is 0 Å². The number of allylic oxidation sites excluding steroid dienone is 1. The summed E-state index contributed by atoms with van der Waals surface area (Å²) in [6.07, 6.45) is 5.22. The highest BCUT2D eigenvalue weighted by Gasteiger charge is 2.18. The first kappa shape index (κ1) is 18.0. The highest BCUT2D eigenvalue weighted by atomic mass is 79.9. The lowest BCUT2D eigenvalue weighted by Gasteiger charge is -2.07. The van der Waals surface area contributed by atoms with Crippen LogP contribution in [0.15, 0.2) is 74.3 Å². The average Bonchev–Trinajstić information content (AvgIpc) is 2.51. The van der Waals surface area contributed by atoms with Gasteiger partial charge in [0.2, 0.25) is 9.84 Å². The maximum absolute atomic E-state index is 12.9. The Kier molecular flexibility index (Phi) is 6.27. The molecule has 0 N–H and O–H groups in total. The van der Waals surface area contributed by atoms with Gasteiger partial charge in [-0.15, -0.1) is 11.8 Å². The summed E-state index contributed by atoms with van der Waals surface area (Å²) in [5, 5.41) is 1.77. The second kappa shape index (κ2) is 7.99. The van der Waals surface area contributed by atoms with Crippen LogP contribution in [-0.4, -0.2) is 14.7 Å². The molecule has 2 aromatic carbocycles. The van der Waals surface area contributed by atoms with Crippen LogP contribution in [-0.2, 0) is 9.84 Å². The van der Waals surface area contributed by atoms with Crippen LogP contribution in [0.5, 0.6) is 0 Å². The SMILES string of the molecule is CS/C=C/C(=C\c1cccc(Br)c1)S(=O)(=O)c1ccc(C)cc1. The summed E-state index contributed by atoms with van der Waals surface area (Å²) in [5.41, 5.74) is 1.86. The Balaban J connectivity index is 2.53. The highest BCUT2D eigenvalue weighted by molar-refractivity contribution is 9.10. The minimum absolute atomic E-state index is 0.272. The molecule has 0 spiro atoms. The van der Waals surface area contributed by atoms with Crippen molar-refractivity contribution in [1.29, 1.82) is 0 Å². The molecule has 0 bridgehead atoms. The Hall–Kier alpha value is -1.30. The van der Waals surface area contributed by atoms with Crippen molar-refractivity contribution in [2.45, 2.75) is 11.8 Å². The van der Waals surface area contributed by atoms with Crippen molar-refractivity contribution in [1.82, 2.24) is 0 Å². The predicted molar refractivity (Wildman–Crippen MR) is 103 cm³/mol.